The van der Waals surface area contributed by atoms with Gasteiger partial charge in [0.05, 0.1) is 11.9 Å². The summed E-state index contributed by atoms with van der Waals surface area (Å²) in [7, 11) is 2.12. The highest BCUT2D eigenvalue weighted by Crippen LogP contribution is 2.13. The predicted molar refractivity (Wildman–Crippen MR) is 90.5 cm³/mol. The van der Waals surface area contributed by atoms with Crippen LogP contribution in [0.2, 0.25) is 0 Å². The lowest BCUT2D eigenvalue weighted by Crippen LogP contribution is -2.45. The zero-order valence-corrected chi connectivity index (χ0v) is 13.9. The van der Waals surface area contributed by atoms with Gasteiger partial charge in [-0.05, 0) is 31.6 Å². The van der Waals surface area contributed by atoms with Crippen LogP contribution in [0.4, 0.5) is 5.69 Å². The number of rotatable bonds is 6. The highest BCUT2D eigenvalue weighted by Gasteiger charge is 2.15. The second-order valence-electron chi connectivity index (χ2n) is 5.97. The first-order valence-corrected chi connectivity index (χ1v) is 8.35. The van der Waals surface area contributed by atoms with E-state index in [0.717, 1.165) is 50.5 Å². The van der Waals surface area contributed by atoms with E-state index in [9.17, 15) is 4.79 Å². The quantitative estimate of drug-likeness (QED) is 0.805. The second-order valence-corrected chi connectivity index (χ2v) is 6.42. The van der Waals surface area contributed by atoms with Crippen LogP contribution in [0.5, 0.6) is 0 Å². The zero-order chi connectivity index (χ0) is 15.2. The number of aryl methyl sites for hydroxylation is 1. The SMILES string of the molecule is CC(CCS)CCn1ncc(N2CCN(C)CC2)cc1=O. The lowest BCUT2D eigenvalue weighted by Gasteiger charge is -2.33. The molecule has 1 atom stereocenters. The monoisotopic (exact) mass is 310 g/mol. The molecule has 1 aliphatic rings. The average Bonchev–Trinajstić information content (AvgIpc) is 2.47. The Hall–Kier alpha value is -1.01. The van der Waals surface area contributed by atoms with Crippen molar-refractivity contribution in [1.82, 2.24) is 14.7 Å². The summed E-state index contributed by atoms with van der Waals surface area (Å²) >= 11 is 4.25. The molecular weight excluding hydrogens is 284 g/mol. The molecule has 0 aliphatic carbocycles. The Bertz CT molecular complexity index is 497. The topological polar surface area (TPSA) is 41.4 Å². The molecule has 21 heavy (non-hydrogen) atoms. The lowest BCUT2D eigenvalue weighted by molar-refractivity contribution is 0.312. The molecule has 1 aromatic heterocycles. The van der Waals surface area contributed by atoms with Gasteiger partial charge in [-0.3, -0.25) is 4.79 Å². The molecule has 1 fully saturated rings. The maximum atomic E-state index is 12.2. The van der Waals surface area contributed by atoms with Gasteiger partial charge in [0.2, 0.25) is 0 Å². The van der Waals surface area contributed by atoms with Crippen molar-refractivity contribution in [1.29, 1.82) is 0 Å². The molecule has 0 spiro atoms. The number of aromatic nitrogens is 2. The highest BCUT2D eigenvalue weighted by atomic mass is 32.1. The molecule has 6 heteroatoms. The van der Waals surface area contributed by atoms with Crippen molar-refractivity contribution in [2.45, 2.75) is 26.3 Å². The maximum Gasteiger partial charge on any atom is 0.268 e. The van der Waals surface area contributed by atoms with Crippen LogP contribution in [-0.2, 0) is 6.54 Å². The van der Waals surface area contributed by atoms with Gasteiger partial charge in [0.1, 0.15) is 0 Å². The molecule has 0 radical (unpaired) electrons. The number of hydrogen-bond donors (Lipinski definition) is 1. The van der Waals surface area contributed by atoms with E-state index in [-0.39, 0.29) is 5.56 Å². The molecule has 0 bridgehead atoms. The van der Waals surface area contributed by atoms with Crippen LogP contribution >= 0.6 is 12.6 Å². The minimum absolute atomic E-state index is 0.00417. The first-order valence-electron chi connectivity index (χ1n) is 7.71. The minimum Gasteiger partial charge on any atom is -0.368 e. The first-order chi connectivity index (χ1) is 10.1. The summed E-state index contributed by atoms with van der Waals surface area (Å²) in [6.45, 7) is 6.87. The minimum atomic E-state index is 0.00417. The number of piperazine rings is 1. The van der Waals surface area contributed by atoms with Crippen LogP contribution in [0.25, 0.3) is 0 Å². The molecule has 1 aromatic rings. The molecule has 0 aromatic carbocycles. The van der Waals surface area contributed by atoms with Crippen molar-refractivity contribution in [2.24, 2.45) is 5.92 Å². The van der Waals surface area contributed by atoms with Crippen molar-refractivity contribution in [2.75, 3.05) is 43.9 Å². The summed E-state index contributed by atoms with van der Waals surface area (Å²) < 4.78 is 1.58. The largest absolute Gasteiger partial charge is 0.368 e. The van der Waals surface area contributed by atoms with Gasteiger partial charge >= 0.3 is 0 Å². The summed E-state index contributed by atoms with van der Waals surface area (Å²) in [6, 6.07) is 1.72. The third-order valence-corrected chi connectivity index (χ3v) is 4.44. The van der Waals surface area contributed by atoms with Crippen molar-refractivity contribution in [3.05, 3.63) is 22.6 Å². The second kappa shape index (κ2) is 7.84. The highest BCUT2D eigenvalue weighted by molar-refractivity contribution is 7.80. The average molecular weight is 310 g/mol. The number of thiol groups is 1. The van der Waals surface area contributed by atoms with Crippen molar-refractivity contribution < 1.29 is 0 Å². The first kappa shape index (κ1) is 16.4. The third kappa shape index (κ3) is 4.74. The van der Waals surface area contributed by atoms with Crippen LogP contribution in [-0.4, -0.2) is 53.7 Å². The number of likely N-dealkylation sites (N-methyl/N-ethyl adjacent to an activating group) is 1. The summed E-state index contributed by atoms with van der Waals surface area (Å²) in [5.41, 5.74) is 0.956. The van der Waals surface area contributed by atoms with Gasteiger partial charge in [0.25, 0.3) is 5.56 Å². The van der Waals surface area contributed by atoms with Crippen LogP contribution in [0.15, 0.2) is 17.1 Å². The normalized spacial score (nSPS) is 18.0. The van der Waals surface area contributed by atoms with Crippen LogP contribution < -0.4 is 10.5 Å². The van der Waals surface area contributed by atoms with Crippen molar-refractivity contribution >= 4 is 18.3 Å². The van der Waals surface area contributed by atoms with Gasteiger partial charge < -0.3 is 9.80 Å². The molecular formula is C15H26N4OS. The van der Waals surface area contributed by atoms with E-state index in [0.29, 0.717) is 12.5 Å². The molecule has 1 aliphatic heterocycles. The summed E-state index contributed by atoms with van der Waals surface area (Å²) in [4.78, 5) is 16.7. The molecule has 0 N–H and O–H groups in total. The predicted octanol–water partition coefficient (Wildman–Crippen LogP) is 1.34. The molecule has 2 rings (SSSR count). The van der Waals surface area contributed by atoms with E-state index in [4.69, 9.17) is 0 Å². The summed E-state index contributed by atoms with van der Waals surface area (Å²) in [6.07, 6.45) is 3.88. The fraction of sp³-hybridized carbons (Fsp3) is 0.733. The van der Waals surface area contributed by atoms with Crippen molar-refractivity contribution in [3.63, 3.8) is 0 Å². The summed E-state index contributed by atoms with van der Waals surface area (Å²) in [5.74, 6) is 1.47. The van der Waals surface area contributed by atoms with Gasteiger partial charge in [0, 0.05) is 38.8 Å². The fourth-order valence-electron chi connectivity index (χ4n) is 2.54. The molecule has 0 saturated carbocycles. The number of anilines is 1. The molecule has 0 amide bonds. The van der Waals surface area contributed by atoms with E-state index < -0.39 is 0 Å². The van der Waals surface area contributed by atoms with E-state index >= 15 is 0 Å². The van der Waals surface area contributed by atoms with Gasteiger partial charge in [-0.1, -0.05) is 6.92 Å². The van der Waals surface area contributed by atoms with Gasteiger partial charge in [-0.25, -0.2) is 4.68 Å². The Morgan fingerprint density at radius 3 is 2.62 bits per heavy atom. The lowest BCUT2D eigenvalue weighted by atomic mass is 10.1. The molecule has 2 heterocycles. The molecule has 1 saturated heterocycles. The third-order valence-electron chi connectivity index (χ3n) is 4.18. The molecule has 1 unspecified atom stereocenters. The van der Waals surface area contributed by atoms with Crippen LogP contribution in [0.1, 0.15) is 19.8 Å². The van der Waals surface area contributed by atoms with E-state index in [1.807, 2.05) is 6.20 Å². The van der Waals surface area contributed by atoms with E-state index in [2.05, 4.69) is 41.5 Å². The standard InChI is InChI=1S/C15H26N4OS/c1-13(4-10-21)3-5-19-15(20)11-14(12-16-19)18-8-6-17(2)7-9-18/h11-13,21H,3-10H2,1-2H3. The Labute approximate surface area is 132 Å². The summed E-state index contributed by atoms with van der Waals surface area (Å²) in [5, 5.41) is 4.33. The zero-order valence-electron chi connectivity index (χ0n) is 13.0. The number of hydrogen-bond acceptors (Lipinski definition) is 5. The number of nitrogens with zero attached hydrogens (tertiary/aromatic N) is 4. The Kier molecular flexibility index (Phi) is 6.11. The van der Waals surface area contributed by atoms with Gasteiger partial charge in [0.15, 0.2) is 0 Å². The molecule has 5 nitrogen and oxygen atoms in total. The van der Waals surface area contributed by atoms with Gasteiger partial charge in [-0.2, -0.15) is 17.7 Å². The fourth-order valence-corrected chi connectivity index (χ4v) is 2.98. The smallest absolute Gasteiger partial charge is 0.268 e. The van der Waals surface area contributed by atoms with Crippen molar-refractivity contribution in [3.8, 4) is 0 Å². The Morgan fingerprint density at radius 1 is 1.29 bits per heavy atom. The van der Waals surface area contributed by atoms with E-state index in [1.165, 1.54) is 0 Å². The van der Waals surface area contributed by atoms with Gasteiger partial charge in [-0.15, -0.1) is 0 Å². The Balaban J connectivity index is 1.96. The molecule has 118 valence electrons. The Morgan fingerprint density at radius 2 is 2.00 bits per heavy atom. The van der Waals surface area contributed by atoms with E-state index in [1.54, 1.807) is 10.7 Å². The maximum absolute atomic E-state index is 12.2. The van der Waals surface area contributed by atoms with Crippen LogP contribution in [0, 0.1) is 5.92 Å². The van der Waals surface area contributed by atoms with Crippen LogP contribution in [0.3, 0.4) is 0 Å².